The summed E-state index contributed by atoms with van der Waals surface area (Å²) < 4.78 is 7.54. The van der Waals surface area contributed by atoms with E-state index in [0.717, 1.165) is 27.4 Å². The number of furan rings is 1. The van der Waals surface area contributed by atoms with Crippen molar-refractivity contribution in [3.63, 3.8) is 0 Å². The number of rotatable bonds is 5. The van der Waals surface area contributed by atoms with Crippen molar-refractivity contribution in [3.8, 4) is 0 Å². The lowest BCUT2D eigenvalue weighted by atomic mass is 10.1. The van der Waals surface area contributed by atoms with Gasteiger partial charge in [-0.1, -0.05) is 30.0 Å². The van der Waals surface area contributed by atoms with Crippen molar-refractivity contribution < 1.29 is 9.21 Å². The molecule has 1 aliphatic rings. The molecule has 31 heavy (non-hydrogen) atoms. The molecule has 1 N–H and O–H groups in total. The number of hydrogen-bond acceptors (Lipinski definition) is 7. The fraction of sp³-hybridized carbons (Fsp3) is 0.143. The molecule has 0 saturated heterocycles. The van der Waals surface area contributed by atoms with Gasteiger partial charge in [0.2, 0.25) is 5.78 Å². The Morgan fingerprint density at radius 2 is 2.16 bits per heavy atom. The number of benzene rings is 1. The van der Waals surface area contributed by atoms with Gasteiger partial charge in [-0.05, 0) is 35.7 Å². The van der Waals surface area contributed by atoms with Crippen LogP contribution in [0, 0.1) is 0 Å². The van der Waals surface area contributed by atoms with Crippen LogP contribution in [0.3, 0.4) is 0 Å². The Hall–Kier alpha value is -3.37. The number of aromatic amines is 1. The van der Waals surface area contributed by atoms with Gasteiger partial charge < -0.3 is 4.42 Å². The van der Waals surface area contributed by atoms with E-state index in [1.54, 1.807) is 22.6 Å². The molecule has 1 unspecified atom stereocenters. The van der Waals surface area contributed by atoms with E-state index < -0.39 is 0 Å². The number of nitrogens with zero attached hydrogens (tertiary/aromatic N) is 5. The first-order valence-electron chi connectivity index (χ1n) is 9.69. The third kappa shape index (κ3) is 3.15. The van der Waals surface area contributed by atoms with Crippen LogP contribution in [0.2, 0.25) is 0 Å². The summed E-state index contributed by atoms with van der Waals surface area (Å²) >= 11 is 2.98. The average molecular weight is 449 g/mol. The summed E-state index contributed by atoms with van der Waals surface area (Å²) in [5.41, 5.74) is 2.73. The van der Waals surface area contributed by atoms with Crippen molar-refractivity contribution in [2.24, 2.45) is 5.10 Å². The third-order valence-electron chi connectivity index (χ3n) is 5.17. The van der Waals surface area contributed by atoms with Gasteiger partial charge in [-0.3, -0.25) is 9.20 Å². The standard InChI is InChI=1S/C21H16N6O2S2/c28-19(12-31-21-24-23-20-22-13-5-1-2-6-15(13)26(20)21)27-16(17-7-3-9-29-17)11-14(25-27)18-8-4-10-30-18/h1-10,16H,11-12H2,(H,22,23). The molecule has 0 bridgehead atoms. The van der Waals surface area contributed by atoms with Crippen LogP contribution in [-0.4, -0.2) is 42.0 Å². The molecular formula is C21H16N6O2S2. The summed E-state index contributed by atoms with van der Waals surface area (Å²) in [6.45, 7) is 0. The summed E-state index contributed by atoms with van der Waals surface area (Å²) in [4.78, 5) is 18.8. The van der Waals surface area contributed by atoms with Gasteiger partial charge in [0.25, 0.3) is 5.91 Å². The van der Waals surface area contributed by atoms with Crippen molar-refractivity contribution in [2.75, 3.05) is 5.75 Å². The number of hydrogen-bond donors (Lipinski definition) is 1. The first-order valence-corrected chi connectivity index (χ1v) is 11.6. The highest BCUT2D eigenvalue weighted by atomic mass is 32.2. The van der Waals surface area contributed by atoms with Gasteiger partial charge in [0.05, 0.1) is 33.6 Å². The number of nitrogens with one attached hydrogen (secondary N) is 1. The molecule has 6 rings (SSSR count). The maximum absolute atomic E-state index is 13.2. The molecule has 10 heteroatoms. The second kappa shape index (κ2) is 7.40. The third-order valence-corrected chi connectivity index (χ3v) is 7.01. The quantitative estimate of drug-likeness (QED) is 0.404. The molecule has 8 nitrogen and oxygen atoms in total. The van der Waals surface area contributed by atoms with Crippen molar-refractivity contribution in [2.45, 2.75) is 17.6 Å². The number of thiophene rings is 1. The van der Waals surface area contributed by atoms with Crippen LogP contribution < -0.4 is 0 Å². The minimum absolute atomic E-state index is 0.0986. The molecule has 5 aromatic rings. The van der Waals surface area contributed by atoms with Crippen LogP contribution in [-0.2, 0) is 4.79 Å². The number of hydrazone groups is 1. The van der Waals surface area contributed by atoms with Gasteiger partial charge in [0.15, 0.2) is 5.16 Å². The SMILES string of the molecule is O=C(CSc1n[nH]c2nc3ccccc3n12)N1N=C(c2cccs2)CC1c1ccco1. The Kier molecular flexibility index (Phi) is 4.39. The normalized spacial score (nSPS) is 16.5. The smallest absolute Gasteiger partial charge is 0.253 e. The van der Waals surface area contributed by atoms with E-state index >= 15 is 0 Å². The second-order valence-corrected chi connectivity index (χ2v) is 8.94. The summed E-state index contributed by atoms with van der Waals surface area (Å²) in [7, 11) is 0. The van der Waals surface area contributed by atoms with Gasteiger partial charge >= 0.3 is 0 Å². The molecule has 1 aromatic carbocycles. The van der Waals surface area contributed by atoms with E-state index in [1.807, 2.05) is 58.3 Å². The summed E-state index contributed by atoms with van der Waals surface area (Å²) in [6.07, 6.45) is 2.25. The maximum Gasteiger partial charge on any atom is 0.253 e. The first kappa shape index (κ1) is 18.4. The summed E-state index contributed by atoms with van der Waals surface area (Å²) in [5, 5.41) is 16.2. The minimum atomic E-state index is -0.242. The maximum atomic E-state index is 13.2. The topological polar surface area (TPSA) is 91.8 Å². The lowest BCUT2D eigenvalue weighted by Crippen LogP contribution is -2.28. The van der Waals surface area contributed by atoms with Crippen LogP contribution >= 0.6 is 23.1 Å². The molecule has 5 heterocycles. The predicted molar refractivity (Wildman–Crippen MR) is 119 cm³/mol. The molecule has 1 atom stereocenters. The Bertz CT molecular complexity index is 1400. The fourth-order valence-corrected chi connectivity index (χ4v) is 5.30. The molecule has 0 saturated carbocycles. The van der Waals surface area contributed by atoms with Gasteiger partial charge in [-0.25, -0.2) is 15.1 Å². The van der Waals surface area contributed by atoms with Crippen LogP contribution in [0.15, 0.2) is 74.8 Å². The average Bonchev–Trinajstić information content (AvgIpc) is 3.58. The Balaban J connectivity index is 1.27. The van der Waals surface area contributed by atoms with E-state index in [9.17, 15) is 4.79 Å². The van der Waals surface area contributed by atoms with E-state index in [4.69, 9.17) is 4.42 Å². The Morgan fingerprint density at radius 3 is 3.00 bits per heavy atom. The second-order valence-electron chi connectivity index (χ2n) is 7.05. The number of fused-ring (bicyclic) bond motifs is 3. The van der Waals surface area contributed by atoms with Gasteiger partial charge in [0.1, 0.15) is 11.8 Å². The molecular weight excluding hydrogens is 432 g/mol. The molecule has 0 fully saturated rings. The number of aromatic nitrogens is 4. The van der Waals surface area contributed by atoms with Gasteiger partial charge in [0, 0.05) is 6.42 Å². The minimum Gasteiger partial charge on any atom is -0.467 e. The van der Waals surface area contributed by atoms with E-state index in [1.165, 1.54) is 11.8 Å². The molecule has 0 spiro atoms. The largest absolute Gasteiger partial charge is 0.467 e. The van der Waals surface area contributed by atoms with Gasteiger partial charge in [-0.15, -0.1) is 16.4 Å². The number of thioether (sulfide) groups is 1. The highest BCUT2D eigenvalue weighted by Crippen LogP contribution is 2.35. The zero-order chi connectivity index (χ0) is 20.8. The summed E-state index contributed by atoms with van der Waals surface area (Å²) in [6, 6.07) is 15.3. The predicted octanol–water partition coefficient (Wildman–Crippen LogP) is 4.34. The van der Waals surface area contributed by atoms with Crippen LogP contribution in [0.25, 0.3) is 16.8 Å². The number of amides is 1. The molecule has 1 amide bonds. The number of imidazole rings is 1. The lowest BCUT2D eigenvalue weighted by molar-refractivity contribution is -0.130. The fourth-order valence-electron chi connectivity index (χ4n) is 3.77. The van der Waals surface area contributed by atoms with Gasteiger partial charge in [-0.2, -0.15) is 5.10 Å². The van der Waals surface area contributed by atoms with Crippen LogP contribution in [0.5, 0.6) is 0 Å². The van der Waals surface area contributed by atoms with Crippen molar-refractivity contribution >= 4 is 51.5 Å². The molecule has 154 valence electrons. The highest BCUT2D eigenvalue weighted by Gasteiger charge is 2.35. The zero-order valence-corrected chi connectivity index (χ0v) is 17.8. The first-order chi connectivity index (χ1) is 15.3. The number of carbonyl (C=O) groups excluding carboxylic acids is 1. The monoisotopic (exact) mass is 448 g/mol. The molecule has 0 aliphatic carbocycles. The van der Waals surface area contributed by atoms with Crippen molar-refractivity contribution in [1.82, 2.24) is 24.6 Å². The number of H-pyrrole nitrogens is 1. The Labute approximate surface area is 184 Å². The van der Waals surface area contributed by atoms with E-state index in [-0.39, 0.29) is 17.7 Å². The molecule has 0 radical (unpaired) electrons. The molecule has 4 aromatic heterocycles. The molecule has 1 aliphatic heterocycles. The Morgan fingerprint density at radius 1 is 1.23 bits per heavy atom. The van der Waals surface area contributed by atoms with E-state index in [0.29, 0.717) is 17.4 Å². The highest BCUT2D eigenvalue weighted by molar-refractivity contribution is 7.99. The number of carbonyl (C=O) groups is 1. The number of para-hydroxylation sites is 2. The zero-order valence-electron chi connectivity index (χ0n) is 16.1. The van der Waals surface area contributed by atoms with Crippen LogP contribution in [0.4, 0.5) is 0 Å². The summed E-state index contributed by atoms with van der Waals surface area (Å²) in [5.74, 6) is 1.49. The van der Waals surface area contributed by atoms with Crippen molar-refractivity contribution in [1.29, 1.82) is 0 Å². The van der Waals surface area contributed by atoms with Crippen molar-refractivity contribution in [3.05, 3.63) is 70.8 Å². The van der Waals surface area contributed by atoms with E-state index in [2.05, 4.69) is 20.3 Å². The lowest BCUT2D eigenvalue weighted by Gasteiger charge is -2.19. The van der Waals surface area contributed by atoms with Crippen LogP contribution in [0.1, 0.15) is 23.1 Å².